The summed E-state index contributed by atoms with van der Waals surface area (Å²) in [5.41, 5.74) is 1.19. The molecule has 2 aliphatic rings. The smallest absolute Gasteiger partial charge is 0.231 e. The number of benzene rings is 1. The highest BCUT2D eigenvalue weighted by Gasteiger charge is 2.31. The summed E-state index contributed by atoms with van der Waals surface area (Å²) < 4.78 is 10.7. The summed E-state index contributed by atoms with van der Waals surface area (Å²) in [5, 5.41) is 0. The van der Waals surface area contributed by atoms with Crippen molar-refractivity contribution in [2.75, 3.05) is 13.3 Å². The topological polar surface area (TPSA) is 38.8 Å². The van der Waals surface area contributed by atoms with Crippen molar-refractivity contribution in [2.45, 2.75) is 45.6 Å². The SMILES string of the molecule is CCN(C(=O)C1CCC1)C(C)Cc1ccc2c(c1)OCO2. The van der Waals surface area contributed by atoms with Crippen LogP contribution in [-0.2, 0) is 11.2 Å². The molecule has 0 spiro atoms. The Bertz CT molecular complexity index is 525. The largest absolute Gasteiger partial charge is 0.454 e. The van der Waals surface area contributed by atoms with Crippen LogP contribution in [0.4, 0.5) is 0 Å². The van der Waals surface area contributed by atoms with Gasteiger partial charge < -0.3 is 14.4 Å². The molecule has 21 heavy (non-hydrogen) atoms. The predicted octanol–water partition coefficient (Wildman–Crippen LogP) is 2.99. The van der Waals surface area contributed by atoms with Crippen LogP contribution in [0, 0.1) is 5.92 Å². The Morgan fingerprint density at radius 3 is 2.76 bits per heavy atom. The summed E-state index contributed by atoms with van der Waals surface area (Å²) in [6.07, 6.45) is 4.17. The lowest BCUT2D eigenvalue weighted by Crippen LogP contribution is -2.44. The third-order valence-electron chi connectivity index (χ3n) is 4.58. The Kier molecular flexibility index (Phi) is 4.04. The number of carbonyl (C=O) groups excluding carboxylic acids is 1. The van der Waals surface area contributed by atoms with Gasteiger partial charge in [0.1, 0.15) is 0 Å². The monoisotopic (exact) mass is 289 g/mol. The summed E-state index contributed by atoms with van der Waals surface area (Å²) in [5.74, 6) is 2.22. The molecule has 1 heterocycles. The van der Waals surface area contributed by atoms with E-state index in [1.54, 1.807) is 0 Å². The fraction of sp³-hybridized carbons (Fsp3) is 0.588. The molecule has 4 heteroatoms. The minimum Gasteiger partial charge on any atom is -0.454 e. The molecule has 4 nitrogen and oxygen atoms in total. The van der Waals surface area contributed by atoms with Crippen molar-refractivity contribution in [3.8, 4) is 11.5 Å². The molecular formula is C17H23NO3. The van der Waals surface area contributed by atoms with E-state index in [0.717, 1.165) is 37.3 Å². The van der Waals surface area contributed by atoms with Gasteiger partial charge in [-0.05, 0) is 50.8 Å². The molecule has 3 rings (SSSR count). The zero-order chi connectivity index (χ0) is 14.8. The Balaban J connectivity index is 1.66. The lowest BCUT2D eigenvalue weighted by molar-refractivity contribution is -0.140. The van der Waals surface area contributed by atoms with Gasteiger partial charge in [0.2, 0.25) is 12.7 Å². The Hall–Kier alpha value is -1.71. The highest BCUT2D eigenvalue weighted by Crippen LogP contribution is 2.33. The molecule has 1 aliphatic heterocycles. The molecule has 1 amide bonds. The highest BCUT2D eigenvalue weighted by molar-refractivity contribution is 5.79. The molecule has 0 radical (unpaired) electrons. The molecule has 1 fully saturated rings. The van der Waals surface area contributed by atoms with Gasteiger partial charge in [0.05, 0.1) is 0 Å². The van der Waals surface area contributed by atoms with Gasteiger partial charge in [-0.1, -0.05) is 12.5 Å². The van der Waals surface area contributed by atoms with Crippen molar-refractivity contribution in [3.63, 3.8) is 0 Å². The lowest BCUT2D eigenvalue weighted by atomic mass is 9.84. The lowest BCUT2D eigenvalue weighted by Gasteiger charge is -2.35. The van der Waals surface area contributed by atoms with Gasteiger partial charge in [-0.25, -0.2) is 0 Å². The van der Waals surface area contributed by atoms with Gasteiger partial charge in [0, 0.05) is 18.5 Å². The van der Waals surface area contributed by atoms with Gasteiger partial charge >= 0.3 is 0 Å². The predicted molar refractivity (Wildman–Crippen MR) is 80.5 cm³/mol. The molecule has 114 valence electrons. The summed E-state index contributed by atoms with van der Waals surface area (Å²) in [6, 6.07) is 6.25. The van der Waals surface area contributed by atoms with Gasteiger partial charge in [-0.2, -0.15) is 0 Å². The average Bonchev–Trinajstić information content (AvgIpc) is 2.84. The maximum Gasteiger partial charge on any atom is 0.231 e. The summed E-state index contributed by atoms with van der Waals surface area (Å²) >= 11 is 0. The number of rotatable bonds is 5. The van der Waals surface area contributed by atoms with Crippen LogP contribution in [0.3, 0.4) is 0 Å². The van der Waals surface area contributed by atoms with E-state index in [0.29, 0.717) is 12.7 Å². The summed E-state index contributed by atoms with van der Waals surface area (Å²) in [6.45, 7) is 5.27. The molecule has 0 aromatic heterocycles. The number of ether oxygens (including phenoxy) is 2. The normalized spacial score (nSPS) is 18.2. The van der Waals surface area contributed by atoms with E-state index in [1.807, 2.05) is 17.0 Å². The molecule has 1 atom stereocenters. The number of amides is 1. The van der Waals surface area contributed by atoms with Crippen molar-refractivity contribution in [1.82, 2.24) is 4.90 Å². The molecule has 0 N–H and O–H groups in total. The first-order valence-electron chi connectivity index (χ1n) is 7.88. The van der Waals surface area contributed by atoms with E-state index in [-0.39, 0.29) is 12.0 Å². The second-order valence-corrected chi connectivity index (χ2v) is 5.99. The second kappa shape index (κ2) is 5.96. The summed E-state index contributed by atoms with van der Waals surface area (Å²) in [4.78, 5) is 14.5. The maximum absolute atomic E-state index is 12.5. The quantitative estimate of drug-likeness (QED) is 0.836. The second-order valence-electron chi connectivity index (χ2n) is 5.99. The fourth-order valence-electron chi connectivity index (χ4n) is 3.09. The molecular weight excluding hydrogens is 266 g/mol. The molecule has 0 saturated heterocycles. The number of carbonyl (C=O) groups is 1. The van der Waals surface area contributed by atoms with Crippen molar-refractivity contribution in [1.29, 1.82) is 0 Å². The first kappa shape index (κ1) is 14.2. The molecule has 1 aromatic carbocycles. The number of hydrogen-bond acceptors (Lipinski definition) is 3. The van der Waals surface area contributed by atoms with Crippen LogP contribution in [0.5, 0.6) is 11.5 Å². The van der Waals surface area contributed by atoms with Crippen LogP contribution < -0.4 is 9.47 Å². The van der Waals surface area contributed by atoms with Crippen LogP contribution in [0.25, 0.3) is 0 Å². The Morgan fingerprint density at radius 2 is 2.10 bits per heavy atom. The van der Waals surface area contributed by atoms with Gasteiger partial charge in [0.25, 0.3) is 0 Å². The van der Waals surface area contributed by atoms with Crippen molar-refractivity contribution in [2.24, 2.45) is 5.92 Å². The maximum atomic E-state index is 12.5. The number of likely N-dealkylation sites (N-methyl/N-ethyl adjacent to an activating group) is 1. The highest BCUT2D eigenvalue weighted by atomic mass is 16.7. The van der Waals surface area contributed by atoms with Crippen LogP contribution in [0.2, 0.25) is 0 Å². The number of nitrogens with zero attached hydrogens (tertiary/aromatic N) is 1. The van der Waals surface area contributed by atoms with Gasteiger partial charge in [-0.3, -0.25) is 4.79 Å². The number of fused-ring (bicyclic) bond motifs is 1. The van der Waals surface area contributed by atoms with Crippen molar-refractivity contribution < 1.29 is 14.3 Å². The van der Waals surface area contributed by atoms with E-state index in [9.17, 15) is 4.79 Å². The van der Waals surface area contributed by atoms with Crippen LogP contribution in [0.1, 0.15) is 38.7 Å². The Labute approximate surface area is 126 Å². The zero-order valence-corrected chi connectivity index (χ0v) is 12.8. The third-order valence-corrected chi connectivity index (χ3v) is 4.58. The summed E-state index contributed by atoms with van der Waals surface area (Å²) in [7, 11) is 0. The zero-order valence-electron chi connectivity index (χ0n) is 12.8. The van der Waals surface area contributed by atoms with E-state index in [2.05, 4.69) is 19.9 Å². The first-order chi connectivity index (χ1) is 10.2. The van der Waals surface area contributed by atoms with Crippen molar-refractivity contribution in [3.05, 3.63) is 23.8 Å². The average molecular weight is 289 g/mol. The van der Waals surface area contributed by atoms with E-state index in [4.69, 9.17) is 9.47 Å². The fourth-order valence-corrected chi connectivity index (χ4v) is 3.09. The Morgan fingerprint density at radius 1 is 1.33 bits per heavy atom. The molecule has 1 unspecified atom stereocenters. The molecule has 1 aliphatic carbocycles. The van der Waals surface area contributed by atoms with Gasteiger partial charge in [0.15, 0.2) is 11.5 Å². The van der Waals surface area contributed by atoms with Gasteiger partial charge in [-0.15, -0.1) is 0 Å². The number of hydrogen-bond donors (Lipinski definition) is 0. The van der Waals surface area contributed by atoms with E-state index >= 15 is 0 Å². The first-order valence-corrected chi connectivity index (χ1v) is 7.88. The van der Waals surface area contributed by atoms with Crippen LogP contribution in [0.15, 0.2) is 18.2 Å². The van der Waals surface area contributed by atoms with E-state index < -0.39 is 0 Å². The van der Waals surface area contributed by atoms with Crippen molar-refractivity contribution >= 4 is 5.91 Å². The van der Waals surface area contributed by atoms with Crippen LogP contribution >= 0.6 is 0 Å². The minimum atomic E-state index is 0.212. The molecule has 0 bridgehead atoms. The molecule has 1 saturated carbocycles. The van der Waals surface area contributed by atoms with Crippen LogP contribution in [-0.4, -0.2) is 30.2 Å². The minimum absolute atomic E-state index is 0.212. The molecule has 1 aromatic rings. The van der Waals surface area contributed by atoms with E-state index in [1.165, 1.54) is 12.0 Å². The standard InChI is InChI=1S/C17H23NO3/c1-3-18(17(19)14-5-4-6-14)12(2)9-13-7-8-15-16(10-13)21-11-20-15/h7-8,10,12,14H,3-6,9,11H2,1-2H3. The third kappa shape index (κ3) is 2.85.